The third-order valence-corrected chi connectivity index (χ3v) is 6.69. The number of hydrogen-bond acceptors (Lipinski definition) is 5. The van der Waals surface area contributed by atoms with Crippen LogP contribution in [-0.4, -0.2) is 26.6 Å². The number of nitrogens with zero attached hydrogens (tertiary/aromatic N) is 1. The van der Waals surface area contributed by atoms with E-state index in [9.17, 15) is 8.42 Å². The van der Waals surface area contributed by atoms with Gasteiger partial charge in [-0.3, -0.25) is 4.72 Å². The van der Waals surface area contributed by atoms with Crippen LogP contribution in [0.4, 0.5) is 5.13 Å². The molecule has 8 heteroatoms. The highest BCUT2D eigenvalue weighted by Gasteiger charge is 2.23. The number of aryl methyl sites for hydroxylation is 1. The van der Waals surface area contributed by atoms with Crippen molar-refractivity contribution in [1.82, 2.24) is 4.98 Å². The number of thiazole rings is 1. The SMILES string of the molecule is Cc1cccc(Cl)c1S(=O)(=O)Nc1nc(C2CCOCC2)cs1. The summed E-state index contributed by atoms with van der Waals surface area (Å²) in [4.78, 5) is 4.53. The number of hydrogen-bond donors (Lipinski definition) is 1. The second-order valence-electron chi connectivity index (χ2n) is 5.46. The van der Waals surface area contributed by atoms with E-state index in [-0.39, 0.29) is 9.92 Å². The van der Waals surface area contributed by atoms with Crippen LogP contribution in [0.5, 0.6) is 0 Å². The smallest absolute Gasteiger partial charge is 0.265 e. The van der Waals surface area contributed by atoms with Gasteiger partial charge in [0, 0.05) is 24.5 Å². The molecule has 0 radical (unpaired) electrons. The molecule has 0 unspecified atom stereocenters. The molecule has 1 aromatic heterocycles. The van der Waals surface area contributed by atoms with Gasteiger partial charge in [0.25, 0.3) is 10.0 Å². The summed E-state index contributed by atoms with van der Waals surface area (Å²) in [5.74, 6) is 0.334. The highest BCUT2D eigenvalue weighted by molar-refractivity contribution is 7.93. The molecule has 2 heterocycles. The molecule has 0 aliphatic carbocycles. The van der Waals surface area contributed by atoms with E-state index < -0.39 is 10.0 Å². The molecule has 2 aromatic rings. The van der Waals surface area contributed by atoms with Crippen molar-refractivity contribution < 1.29 is 13.2 Å². The lowest BCUT2D eigenvalue weighted by atomic mass is 9.98. The average molecular weight is 373 g/mol. The van der Waals surface area contributed by atoms with E-state index in [2.05, 4.69) is 9.71 Å². The zero-order chi connectivity index (χ0) is 16.4. The Kier molecular flexibility index (Phi) is 4.91. The van der Waals surface area contributed by atoms with Crippen LogP contribution in [0.25, 0.3) is 0 Å². The Morgan fingerprint density at radius 3 is 2.78 bits per heavy atom. The van der Waals surface area contributed by atoms with E-state index >= 15 is 0 Å². The molecule has 0 saturated carbocycles. The molecule has 23 heavy (non-hydrogen) atoms. The van der Waals surface area contributed by atoms with Crippen molar-refractivity contribution in [3.63, 3.8) is 0 Å². The Hall–Kier alpha value is -1.15. The molecule has 1 N–H and O–H groups in total. The number of aromatic nitrogens is 1. The van der Waals surface area contributed by atoms with Gasteiger partial charge in [-0.15, -0.1) is 11.3 Å². The lowest BCUT2D eigenvalue weighted by Crippen LogP contribution is -2.16. The first kappa shape index (κ1) is 16.7. The van der Waals surface area contributed by atoms with Crippen LogP contribution in [-0.2, 0) is 14.8 Å². The van der Waals surface area contributed by atoms with Gasteiger partial charge < -0.3 is 4.74 Å². The number of anilines is 1. The van der Waals surface area contributed by atoms with Crippen LogP contribution in [0.3, 0.4) is 0 Å². The van der Waals surface area contributed by atoms with Gasteiger partial charge in [-0.1, -0.05) is 23.7 Å². The van der Waals surface area contributed by atoms with E-state index in [1.165, 1.54) is 11.3 Å². The van der Waals surface area contributed by atoms with Crippen LogP contribution in [0.15, 0.2) is 28.5 Å². The molecular formula is C15H17ClN2O3S2. The molecule has 0 spiro atoms. The van der Waals surface area contributed by atoms with Crippen LogP contribution in [0.2, 0.25) is 5.02 Å². The average Bonchev–Trinajstić information content (AvgIpc) is 2.95. The van der Waals surface area contributed by atoms with Gasteiger partial charge in [0.1, 0.15) is 4.90 Å². The predicted molar refractivity (Wildman–Crippen MR) is 91.9 cm³/mol. The monoisotopic (exact) mass is 372 g/mol. The summed E-state index contributed by atoms with van der Waals surface area (Å²) in [5, 5.41) is 2.48. The molecular weight excluding hydrogens is 356 g/mol. The van der Waals surface area contributed by atoms with Gasteiger partial charge in [-0.2, -0.15) is 0 Å². The summed E-state index contributed by atoms with van der Waals surface area (Å²) in [5.41, 5.74) is 1.53. The molecule has 0 amide bonds. The molecule has 0 bridgehead atoms. The summed E-state index contributed by atoms with van der Waals surface area (Å²) in [6.07, 6.45) is 1.83. The maximum absolute atomic E-state index is 12.6. The Morgan fingerprint density at radius 2 is 2.09 bits per heavy atom. The van der Waals surface area contributed by atoms with Crippen molar-refractivity contribution in [1.29, 1.82) is 0 Å². The third kappa shape index (κ3) is 3.68. The topological polar surface area (TPSA) is 68.3 Å². The fourth-order valence-electron chi connectivity index (χ4n) is 2.64. The van der Waals surface area contributed by atoms with Crippen LogP contribution in [0, 0.1) is 6.92 Å². The Morgan fingerprint density at radius 1 is 1.35 bits per heavy atom. The van der Waals surface area contributed by atoms with E-state index in [0.717, 1.165) is 31.7 Å². The molecule has 1 aromatic carbocycles. The Balaban J connectivity index is 1.82. The number of rotatable bonds is 4. The van der Waals surface area contributed by atoms with Crippen LogP contribution in [0.1, 0.15) is 30.0 Å². The van der Waals surface area contributed by atoms with Crippen LogP contribution >= 0.6 is 22.9 Å². The maximum atomic E-state index is 12.6. The van der Waals surface area contributed by atoms with Gasteiger partial charge in [0.15, 0.2) is 5.13 Å². The van der Waals surface area contributed by atoms with Crippen molar-refractivity contribution in [2.45, 2.75) is 30.6 Å². The van der Waals surface area contributed by atoms with Crippen molar-refractivity contribution in [2.75, 3.05) is 17.9 Å². The number of ether oxygens (including phenoxy) is 1. The van der Waals surface area contributed by atoms with Crippen molar-refractivity contribution in [3.05, 3.63) is 39.9 Å². The van der Waals surface area contributed by atoms with Crippen molar-refractivity contribution in [3.8, 4) is 0 Å². The molecule has 1 aliphatic rings. The third-order valence-electron chi connectivity index (χ3n) is 3.82. The minimum absolute atomic E-state index is 0.101. The molecule has 1 saturated heterocycles. The minimum atomic E-state index is -3.75. The Labute approximate surface area is 144 Å². The summed E-state index contributed by atoms with van der Waals surface area (Å²) in [6, 6.07) is 5.01. The number of halogens is 1. The largest absolute Gasteiger partial charge is 0.381 e. The zero-order valence-corrected chi connectivity index (χ0v) is 15.0. The molecule has 1 aliphatic heterocycles. The minimum Gasteiger partial charge on any atom is -0.381 e. The van der Waals surface area contributed by atoms with Gasteiger partial charge >= 0.3 is 0 Å². The number of benzene rings is 1. The van der Waals surface area contributed by atoms with E-state index in [0.29, 0.717) is 16.6 Å². The second-order valence-corrected chi connectivity index (χ2v) is 8.34. The van der Waals surface area contributed by atoms with Crippen molar-refractivity contribution in [2.24, 2.45) is 0 Å². The predicted octanol–water partition coefficient (Wildman–Crippen LogP) is 3.80. The van der Waals surface area contributed by atoms with Crippen molar-refractivity contribution >= 4 is 38.1 Å². The molecule has 0 atom stereocenters. The number of nitrogens with one attached hydrogen (secondary N) is 1. The standard InChI is InChI=1S/C15H17ClN2O3S2/c1-10-3-2-4-12(16)14(10)23(19,20)18-15-17-13(9-22-15)11-5-7-21-8-6-11/h2-4,9,11H,5-8H2,1H3,(H,17,18). The zero-order valence-electron chi connectivity index (χ0n) is 12.6. The summed E-state index contributed by atoms with van der Waals surface area (Å²) in [7, 11) is -3.75. The lowest BCUT2D eigenvalue weighted by molar-refractivity contribution is 0.0846. The fraction of sp³-hybridized carbons (Fsp3) is 0.400. The quantitative estimate of drug-likeness (QED) is 0.886. The van der Waals surface area contributed by atoms with Crippen LogP contribution < -0.4 is 4.72 Å². The first-order valence-corrected chi connectivity index (χ1v) is 10.0. The van der Waals surface area contributed by atoms with Gasteiger partial charge in [0.2, 0.25) is 0 Å². The van der Waals surface area contributed by atoms with E-state index in [1.54, 1.807) is 25.1 Å². The molecule has 5 nitrogen and oxygen atoms in total. The summed E-state index contributed by atoms with van der Waals surface area (Å²) in [6.45, 7) is 3.17. The highest BCUT2D eigenvalue weighted by Crippen LogP contribution is 2.32. The first-order chi connectivity index (χ1) is 11.0. The summed E-state index contributed by atoms with van der Waals surface area (Å²) >= 11 is 7.35. The Bertz CT molecular complexity index is 779. The lowest BCUT2D eigenvalue weighted by Gasteiger charge is -2.19. The number of sulfonamides is 1. The van der Waals surface area contributed by atoms with E-state index in [1.807, 2.05) is 5.38 Å². The second kappa shape index (κ2) is 6.76. The van der Waals surface area contributed by atoms with Gasteiger partial charge in [0.05, 0.1) is 10.7 Å². The highest BCUT2D eigenvalue weighted by atomic mass is 35.5. The first-order valence-electron chi connectivity index (χ1n) is 7.28. The molecule has 1 fully saturated rings. The molecule has 3 rings (SSSR count). The summed E-state index contributed by atoms with van der Waals surface area (Å²) < 4.78 is 33.0. The maximum Gasteiger partial charge on any atom is 0.265 e. The van der Waals surface area contributed by atoms with E-state index in [4.69, 9.17) is 16.3 Å². The normalized spacial score (nSPS) is 16.4. The van der Waals surface area contributed by atoms with Gasteiger partial charge in [-0.05, 0) is 31.4 Å². The molecule has 124 valence electrons. The van der Waals surface area contributed by atoms with Gasteiger partial charge in [-0.25, -0.2) is 13.4 Å². The fourth-order valence-corrected chi connectivity index (χ4v) is 5.51.